The summed E-state index contributed by atoms with van der Waals surface area (Å²) < 4.78 is 5.25. The van der Waals surface area contributed by atoms with Gasteiger partial charge in [-0.1, -0.05) is 41.7 Å². The molecule has 0 fully saturated rings. The van der Waals surface area contributed by atoms with Gasteiger partial charge < -0.3 is 10.3 Å². The largest absolute Gasteiger partial charge is 0.381 e. The average molecular weight is 271 g/mol. The van der Waals surface area contributed by atoms with Crippen molar-refractivity contribution in [1.82, 2.24) is 5.16 Å². The van der Waals surface area contributed by atoms with Crippen LogP contribution in [0.4, 0.5) is 5.82 Å². The molecule has 0 saturated carbocycles. The molecular formula is C12H12Cl2N2O. The first-order valence-electron chi connectivity index (χ1n) is 5.33. The second-order valence-electron chi connectivity index (χ2n) is 3.75. The Hall–Kier alpha value is -1.19. The Labute approximate surface area is 109 Å². The number of hydrogen-bond donors (Lipinski definition) is 1. The summed E-state index contributed by atoms with van der Waals surface area (Å²) in [6.07, 6.45) is 1.77. The summed E-state index contributed by atoms with van der Waals surface area (Å²) in [4.78, 5) is 0. The lowest BCUT2D eigenvalue weighted by molar-refractivity contribution is 0.435. The molecule has 5 heteroatoms. The number of nitrogen functional groups attached to an aromatic ring is 1. The molecule has 1 aromatic carbocycles. The Morgan fingerprint density at radius 3 is 2.76 bits per heavy atom. The Balaban J connectivity index is 2.52. The Kier molecular flexibility index (Phi) is 3.60. The number of halogens is 2. The summed E-state index contributed by atoms with van der Waals surface area (Å²) in [7, 11) is 0. The van der Waals surface area contributed by atoms with Crippen LogP contribution in [0, 0.1) is 0 Å². The highest BCUT2D eigenvalue weighted by Crippen LogP contribution is 2.35. The minimum atomic E-state index is 0.424. The van der Waals surface area contributed by atoms with Crippen LogP contribution in [0.3, 0.4) is 0 Å². The van der Waals surface area contributed by atoms with Crippen molar-refractivity contribution in [2.45, 2.75) is 19.8 Å². The SMILES string of the molecule is CCCc1c(N)noc1-c1ccc(Cl)cc1Cl. The maximum atomic E-state index is 6.13. The molecule has 1 heterocycles. The number of hydrogen-bond acceptors (Lipinski definition) is 3. The number of rotatable bonds is 3. The average Bonchev–Trinajstić information content (AvgIpc) is 2.62. The fraction of sp³-hybridized carbons (Fsp3) is 0.250. The van der Waals surface area contributed by atoms with Crippen molar-refractivity contribution in [3.8, 4) is 11.3 Å². The third-order valence-corrected chi connectivity index (χ3v) is 3.04. The fourth-order valence-corrected chi connectivity index (χ4v) is 2.19. The van der Waals surface area contributed by atoms with Gasteiger partial charge in [-0.15, -0.1) is 0 Å². The molecule has 0 aliphatic carbocycles. The Morgan fingerprint density at radius 2 is 2.12 bits per heavy atom. The molecule has 0 bridgehead atoms. The van der Waals surface area contributed by atoms with Crippen LogP contribution in [0.1, 0.15) is 18.9 Å². The van der Waals surface area contributed by atoms with Gasteiger partial charge in [0.15, 0.2) is 11.6 Å². The monoisotopic (exact) mass is 270 g/mol. The van der Waals surface area contributed by atoms with E-state index in [1.807, 2.05) is 6.07 Å². The molecule has 2 rings (SSSR count). The summed E-state index contributed by atoms with van der Waals surface area (Å²) in [5.41, 5.74) is 7.44. The van der Waals surface area contributed by atoms with E-state index in [1.54, 1.807) is 12.1 Å². The highest BCUT2D eigenvalue weighted by molar-refractivity contribution is 6.36. The summed E-state index contributed by atoms with van der Waals surface area (Å²) in [5, 5.41) is 4.91. The Bertz CT molecular complexity index is 537. The molecule has 90 valence electrons. The van der Waals surface area contributed by atoms with Crippen LogP contribution in [-0.4, -0.2) is 5.16 Å². The minimum absolute atomic E-state index is 0.424. The van der Waals surface area contributed by atoms with E-state index in [0.29, 0.717) is 21.6 Å². The summed E-state index contributed by atoms with van der Waals surface area (Å²) >= 11 is 12.0. The molecule has 0 spiro atoms. The maximum Gasteiger partial charge on any atom is 0.173 e. The van der Waals surface area contributed by atoms with E-state index in [2.05, 4.69) is 12.1 Å². The van der Waals surface area contributed by atoms with Crippen molar-refractivity contribution < 1.29 is 4.52 Å². The van der Waals surface area contributed by atoms with Gasteiger partial charge in [0, 0.05) is 16.1 Å². The maximum absolute atomic E-state index is 6.13. The Morgan fingerprint density at radius 1 is 1.35 bits per heavy atom. The van der Waals surface area contributed by atoms with Crippen molar-refractivity contribution in [2.75, 3.05) is 5.73 Å². The summed E-state index contributed by atoms with van der Waals surface area (Å²) in [5.74, 6) is 1.05. The van der Waals surface area contributed by atoms with Gasteiger partial charge in [0.2, 0.25) is 0 Å². The highest BCUT2D eigenvalue weighted by Gasteiger charge is 2.17. The first-order chi connectivity index (χ1) is 8.13. The minimum Gasteiger partial charge on any atom is -0.381 e. The zero-order valence-electron chi connectivity index (χ0n) is 9.34. The summed E-state index contributed by atoms with van der Waals surface area (Å²) in [6, 6.07) is 5.24. The first-order valence-corrected chi connectivity index (χ1v) is 6.08. The third kappa shape index (κ3) is 2.40. The van der Waals surface area contributed by atoms with Crippen LogP contribution in [0.5, 0.6) is 0 Å². The molecular weight excluding hydrogens is 259 g/mol. The van der Waals surface area contributed by atoms with Crippen LogP contribution < -0.4 is 5.73 Å². The number of nitrogens with zero attached hydrogens (tertiary/aromatic N) is 1. The number of aromatic nitrogens is 1. The topological polar surface area (TPSA) is 52.0 Å². The van der Waals surface area contributed by atoms with Gasteiger partial charge >= 0.3 is 0 Å². The van der Waals surface area contributed by atoms with Crippen LogP contribution >= 0.6 is 23.2 Å². The van der Waals surface area contributed by atoms with E-state index in [1.165, 1.54) is 0 Å². The van der Waals surface area contributed by atoms with Gasteiger partial charge in [0.05, 0.1) is 5.02 Å². The molecule has 0 aliphatic rings. The summed E-state index contributed by atoms with van der Waals surface area (Å²) in [6.45, 7) is 2.07. The zero-order chi connectivity index (χ0) is 12.4. The predicted molar refractivity (Wildman–Crippen MR) is 70.4 cm³/mol. The predicted octanol–water partition coefficient (Wildman–Crippen LogP) is 4.18. The smallest absolute Gasteiger partial charge is 0.173 e. The van der Waals surface area contributed by atoms with Crippen molar-refractivity contribution in [1.29, 1.82) is 0 Å². The van der Waals surface area contributed by atoms with Crippen molar-refractivity contribution in [3.05, 3.63) is 33.8 Å². The van der Waals surface area contributed by atoms with Gasteiger partial charge in [0.1, 0.15) is 0 Å². The second kappa shape index (κ2) is 4.98. The van der Waals surface area contributed by atoms with Crippen LogP contribution in [-0.2, 0) is 6.42 Å². The van der Waals surface area contributed by atoms with E-state index >= 15 is 0 Å². The normalized spacial score (nSPS) is 10.8. The zero-order valence-corrected chi connectivity index (χ0v) is 10.8. The highest BCUT2D eigenvalue weighted by atomic mass is 35.5. The van der Waals surface area contributed by atoms with Gasteiger partial charge in [-0.3, -0.25) is 0 Å². The molecule has 2 N–H and O–H groups in total. The molecule has 0 radical (unpaired) electrons. The van der Waals surface area contributed by atoms with E-state index in [4.69, 9.17) is 33.5 Å². The van der Waals surface area contributed by atoms with Crippen LogP contribution in [0.15, 0.2) is 22.7 Å². The molecule has 0 atom stereocenters. The molecule has 17 heavy (non-hydrogen) atoms. The molecule has 1 aromatic heterocycles. The first kappa shape index (κ1) is 12.3. The quantitative estimate of drug-likeness (QED) is 0.910. The number of anilines is 1. The van der Waals surface area contributed by atoms with E-state index in [9.17, 15) is 0 Å². The lowest BCUT2D eigenvalue weighted by Gasteiger charge is -2.03. The molecule has 0 saturated heterocycles. The van der Waals surface area contributed by atoms with Crippen LogP contribution in [0.2, 0.25) is 10.0 Å². The molecule has 2 aromatic rings. The van der Waals surface area contributed by atoms with E-state index in [-0.39, 0.29) is 0 Å². The van der Waals surface area contributed by atoms with Gasteiger partial charge in [-0.2, -0.15) is 0 Å². The lowest BCUT2D eigenvalue weighted by Crippen LogP contribution is -1.92. The van der Waals surface area contributed by atoms with Gasteiger partial charge in [-0.25, -0.2) is 0 Å². The number of benzene rings is 1. The van der Waals surface area contributed by atoms with Crippen molar-refractivity contribution in [3.63, 3.8) is 0 Å². The molecule has 0 aliphatic heterocycles. The van der Waals surface area contributed by atoms with Gasteiger partial charge in [-0.05, 0) is 24.6 Å². The molecule has 0 unspecified atom stereocenters. The lowest BCUT2D eigenvalue weighted by atomic mass is 10.0. The molecule has 0 amide bonds. The fourth-order valence-electron chi connectivity index (χ4n) is 1.70. The molecule has 3 nitrogen and oxygen atoms in total. The van der Waals surface area contributed by atoms with Crippen LogP contribution in [0.25, 0.3) is 11.3 Å². The third-order valence-electron chi connectivity index (χ3n) is 2.49. The van der Waals surface area contributed by atoms with Gasteiger partial charge in [0.25, 0.3) is 0 Å². The van der Waals surface area contributed by atoms with Crippen molar-refractivity contribution >= 4 is 29.0 Å². The number of nitrogens with two attached hydrogens (primary N) is 1. The van der Waals surface area contributed by atoms with E-state index < -0.39 is 0 Å². The van der Waals surface area contributed by atoms with Crippen molar-refractivity contribution in [2.24, 2.45) is 0 Å². The second-order valence-corrected chi connectivity index (χ2v) is 4.59. The van der Waals surface area contributed by atoms with E-state index in [0.717, 1.165) is 24.0 Å². The standard InChI is InChI=1S/C12H12Cl2N2O/c1-2-3-9-11(17-16-12(9)15)8-5-4-7(13)6-10(8)14/h4-6H,2-3H2,1H3,(H2,15,16).